The van der Waals surface area contributed by atoms with Crippen LogP contribution in [0, 0.1) is 11.8 Å². The first-order valence-electron chi connectivity index (χ1n) is 14.1. The fraction of sp³-hybridized carbons (Fsp3) is 0.621. The molecule has 8 heteroatoms. The molecular formula is C29H42N6OS. The molecular weight excluding hydrogens is 480 g/mol. The van der Waals surface area contributed by atoms with Crippen LogP contribution >= 0.6 is 12.2 Å². The average molecular weight is 523 g/mol. The molecule has 3 saturated heterocycles. The monoisotopic (exact) mass is 522 g/mol. The minimum atomic E-state index is 0.00694. The molecule has 200 valence electrons. The molecule has 0 radical (unpaired) electrons. The van der Waals surface area contributed by atoms with Gasteiger partial charge in [0, 0.05) is 57.4 Å². The van der Waals surface area contributed by atoms with E-state index in [1.807, 2.05) is 0 Å². The molecule has 4 heterocycles. The summed E-state index contributed by atoms with van der Waals surface area (Å²) in [6.45, 7) is 11.1. The van der Waals surface area contributed by atoms with Crippen LogP contribution in [0.15, 0.2) is 36.4 Å². The molecule has 1 aromatic heterocycles. The Morgan fingerprint density at radius 3 is 2.14 bits per heavy atom. The number of piperidine rings is 2. The maximum absolute atomic E-state index is 5.78. The Labute approximate surface area is 227 Å². The van der Waals surface area contributed by atoms with Crippen molar-refractivity contribution in [3.63, 3.8) is 0 Å². The van der Waals surface area contributed by atoms with Crippen LogP contribution in [-0.4, -0.2) is 61.0 Å². The van der Waals surface area contributed by atoms with Crippen molar-refractivity contribution in [3.8, 4) is 0 Å². The van der Waals surface area contributed by atoms with E-state index < -0.39 is 0 Å². The number of ether oxygens (including phenoxy) is 1. The second-order valence-electron chi connectivity index (χ2n) is 11.4. The predicted molar refractivity (Wildman–Crippen MR) is 156 cm³/mol. The summed E-state index contributed by atoms with van der Waals surface area (Å²) < 4.78 is 5.70. The number of thiocarbonyl (C=S) groups is 1. The molecule has 3 fully saturated rings. The van der Waals surface area contributed by atoms with E-state index in [-0.39, 0.29) is 5.41 Å². The smallest absolute Gasteiger partial charge is 0.232 e. The molecule has 0 unspecified atom stereocenters. The van der Waals surface area contributed by atoms with Crippen LogP contribution in [0.4, 0.5) is 17.6 Å². The van der Waals surface area contributed by atoms with E-state index in [2.05, 4.69) is 70.7 Å². The van der Waals surface area contributed by atoms with E-state index in [1.54, 1.807) is 0 Å². The fourth-order valence-corrected chi connectivity index (χ4v) is 6.28. The highest BCUT2D eigenvalue weighted by Crippen LogP contribution is 2.34. The van der Waals surface area contributed by atoms with Crippen molar-refractivity contribution in [2.45, 2.75) is 57.8 Å². The van der Waals surface area contributed by atoms with Gasteiger partial charge in [-0.3, -0.25) is 0 Å². The molecule has 0 aliphatic carbocycles. The van der Waals surface area contributed by atoms with Crippen LogP contribution in [0.2, 0.25) is 0 Å². The summed E-state index contributed by atoms with van der Waals surface area (Å²) in [5.41, 5.74) is 1.35. The third-order valence-corrected chi connectivity index (χ3v) is 8.56. The molecule has 2 atom stereocenters. The molecule has 1 aromatic carbocycles. The number of benzene rings is 1. The van der Waals surface area contributed by atoms with Crippen molar-refractivity contribution >= 4 is 34.9 Å². The van der Waals surface area contributed by atoms with Gasteiger partial charge in [-0.1, -0.05) is 44.2 Å². The average Bonchev–Trinajstić information content (AvgIpc) is 2.93. The van der Waals surface area contributed by atoms with E-state index >= 15 is 0 Å². The summed E-state index contributed by atoms with van der Waals surface area (Å²) in [5, 5.41) is 7.43. The number of hydrogen-bond acceptors (Lipinski definition) is 6. The van der Waals surface area contributed by atoms with E-state index in [0.29, 0.717) is 22.9 Å². The van der Waals surface area contributed by atoms with Gasteiger partial charge < -0.3 is 25.2 Å². The number of aromatic nitrogens is 2. The van der Waals surface area contributed by atoms with Crippen molar-refractivity contribution in [1.82, 2.24) is 15.3 Å². The molecule has 0 saturated carbocycles. The van der Waals surface area contributed by atoms with Gasteiger partial charge in [-0.2, -0.15) is 9.97 Å². The van der Waals surface area contributed by atoms with Gasteiger partial charge in [0.15, 0.2) is 5.11 Å². The summed E-state index contributed by atoms with van der Waals surface area (Å²) in [5.74, 6) is 3.95. The lowest BCUT2D eigenvalue weighted by Crippen LogP contribution is -2.45. The van der Waals surface area contributed by atoms with Gasteiger partial charge >= 0.3 is 0 Å². The lowest BCUT2D eigenvalue weighted by molar-refractivity contribution is 0.0515. The molecule has 37 heavy (non-hydrogen) atoms. The highest BCUT2D eigenvalue weighted by molar-refractivity contribution is 7.80. The second-order valence-corrected chi connectivity index (χ2v) is 11.8. The normalized spacial score (nSPS) is 23.9. The van der Waals surface area contributed by atoms with Crippen molar-refractivity contribution in [2.24, 2.45) is 11.8 Å². The van der Waals surface area contributed by atoms with Gasteiger partial charge in [0.2, 0.25) is 5.95 Å². The molecule has 7 nitrogen and oxygen atoms in total. The second kappa shape index (κ2) is 11.9. The van der Waals surface area contributed by atoms with Gasteiger partial charge in [-0.15, -0.1) is 0 Å². The number of anilines is 3. The molecule has 2 N–H and O–H groups in total. The first kappa shape index (κ1) is 26.2. The Kier molecular flexibility index (Phi) is 8.45. The number of nitrogens with zero attached hydrogens (tertiary/aromatic N) is 4. The summed E-state index contributed by atoms with van der Waals surface area (Å²) in [6.07, 6.45) is 6.92. The van der Waals surface area contributed by atoms with Crippen LogP contribution < -0.4 is 20.4 Å². The Morgan fingerprint density at radius 2 is 1.57 bits per heavy atom. The van der Waals surface area contributed by atoms with Gasteiger partial charge in [-0.05, 0) is 68.1 Å². The summed E-state index contributed by atoms with van der Waals surface area (Å²) in [4.78, 5) is 14.7. The lowest BCUT2D eigenvalue weighted by atomic mass is 9.74. The minimum absolute atomic E-state index is 0.00694. The van der Waals surface area contributed by atoms with Crippen LogP contribution in [0.25, 0.3) is 0 Å². The maximum atomic E-state index is 5.78. The molecule has 3 aliphatic heterocycles. The zero-order valence-corrected chi connectivity index (χ0v) is 23.2. The first-order valence-corrected chi connectivity index (χ1v) is 14.5. The molecule has 0 bridgehead atoms. The highest BCUT2D eigenvalue weighted by atomic mass is 32.1. The molecule has 0 amide bonds. The topological polar surface area (TPSA) is 65.5 Å². The summed E-state index contributed by atoms with van der Waals surface area (Å²) >= 11 is 5.78. The summed E-state index contributed by atoms with van der Waals surface area (Å²) in [7, 11) is 0. The Bertz CT molecular complexity index is 1000. The van der Waals surface area contributed by atoms with Gasteiger partial charge in [0.1, 0.15) is 11.6 Å². The first-order chi connectivity index (χ1) is 18.0. The van der Waals surface area contributed by atoms with E-state index in [4.69, 9.17) is 26.9 Å². The number of rotatable bonds is 6. The Hall–Kier alpha value is -2.45. The third kappa shape index (κ3) is 6.52. The van der Waals surface area contributed by atoms with Gasteiger partial charge in [0.25, 0.3) is 0 Å². The number of hydrogen-bond donors (Lipinski definition) is 2. The largest absolute Gasteiger partial charge is 0.381 e. The summed E-state index contributed by atoms with van der Waals surface area (Å²) in [6, 6.07) is 12.9. The molecule has 2 aromatic rings. The van der Waals surface area contributed by atoms with Crippen LogP contribution in [0.1, 0.15) is 57.9 Å². The fourth-order valence-electron chi connectivity index (χ4n) is 6.11. The van der Waals surface area contributed by atoms with Crippen LogP contribution in [0.5, 0.6) is 0 Å². The minimum Gasteiger partial charge on any atom is -0.381 e. The van der Waals surface area contributed by atoms with Crippen molar-refractivity contribution in [1.29, 1.82) is 0 Å². The standard InChI is InChI=1S/C29H42N6OS/c1-22-8-6-14-34(19-22)25-18-26(35-15-7-9-23(2)20-35)32-27(31-25)33-28(37)30-21-29(12-16-36-17-13-29)24-10-4-3-5-11-24/h3-5,10-11,18,22-23H,6-9,12-17,19-21H2,1-2H3,(H2,30,31,32,33,37)/t22-,23-/m0/s1. The lowest BCUT2D eigenvalue weighted by Gasteiger charge is -2.38. The Morgan fingerprint density at radius 1 is 0.973 bits per heavy atom. The quantitative estimate of drug-likeness (QED) is 0.515. The van der Waals surface area contributed by atoms with E-state index in [9.17, 15) is 0 Å². The third-order valence-electron chi connectivity index (χ3n) is 8.31. The van der Waals surface area contributed by atoms with E-state index in [1.165, 1.54) is 31.2 Å². The molecule has 5 rings (SSSR count). The van der Waals surface area contributed by atoms with Crippen LogP contribution in [0.3, 0.4) is 0 Å². The molecule has 0 spiro atoms. The van der Waals surface area contributed by atoms with Gasteiger partial charge in [0.05, 0.1) is 0 Å². The Balaban J connectivity index is 1.33. The van der Waals surface area contributed by atoms with Crippen molar-refractivity contribution in [2.75, 3.05) is 61.1 Å². The van der Waals surface area contributed by atoms with Crippen LogP contribution in [-0.2, 0) is 10.2 Å². The van der Waals surface area contributed by atoms with Crippen molar-refractivity contribution < 1.29 is 4.74 Å². The predicted octanol–water partition coefficient (Wildman–Crippen LogP) is 4.98. The maximum Gasteiger partial charge on any atom is 0.232 e. The number of nitrogens with one attached hydrogen (secondary N) is 2. The highest BCUT2D eigenvalue weighted by Gasteiger charge is 2.34. The zero-order valence-electron chi connectivity index (χ0n) is 22.4. The van der Waals surface area contributed by atoms with E-state index in [0.717, 1.165) is 70.4 Å². The van der Waals surface area contributed by atoms with Crippen molar-refractivity contribution in [3.05, 3.63) is 42.0 Å². The van der Waals surface area contributed by atoms with Gasteiger partial charge in [-0.25, -0.2) is 0 Å². The SMILES string of the molecule is C[C@H]1CCCN(c2cc(N3CCC[C@H](C)C3)nc(NC(=S)NCC3(c4ccccc4)CCOCC3)n2)C1. The zero-order chi connectivity index (χ0) is 25.7. The molecule has 3 aliphatic rings.